The Kier molecular flexibility index (Phi) is 9.27. The van der Waals surface area contributed by atoms with Gasteiger partial charge in [-0.05, 0) is 50.0 Å². The lowest BCUT2D eigenvalue weighted by Gasteiger charge is -2.35. The van der Waals surface area contributed by atoms with Crippen molar-refractivity contribution in [2.45, 2.75) is 96.1 Å². The lowest BCUT2D eigenvalue weighted by atomic mass is 9.85. The van der Waals surface area contributed by atoms with Crippen molar-refractivity contribution in [2.24, 2.45) is 16.5 Å². The van der Waals surface area contributed by atoms with Crippen molar-refractivity contribution in [1.82, 2.24) is 15.5 Å². The Labute approximate surface area is 246 Å². The van der Waals surface area contributed by atoms with E-state index in [0.717, 1.165) is 31.2 Å². The van der Waals surface area contributed by atoms with Gasteiger partial charge in [-0.15, -0.1) is 6.58 Å². The van der Waals surface area contributed by atoms with Crippen LogP contribution in [0.4, 0.5) is 4.79 Å². The quantitative estimate of drug-likeness (QED) is 0.217. The lowest BCUT2D eigenvalue weighted by Crippen LogP contribution is -2.59. The third kappa shape index (κ3) is 6.94. The average molecular weight is 583 g/mol. The Hall–Kier alpha value is -3.89. The number of alkyl carbamates (subject to hydrolysis) is 1. The normalized spacial score (nSPS) is 26.7. The molecule has 0 radical (unpaired) electrons. The second kappa shape index (κ2) is 12.5. The summed E-state index contributed by atoms with van der Waals surface area (Å²) in [5.41, 5.74) is -0.688. The molecule has 1 saturated heterocycles. The van der Waals surface area contributed by atoms with Gasteiger partial charge >= 0.3 is 12.1 Å². The van der Waals surface area contributed by atoms with Crippen LogP contribution in [0.3, 0.4) is 0 Å². The Morgan fingerprint density at radius 3 is 2.38 bits per heavy atom. The van der Waals surface area contributed by atoms with E-state index in [1.54, 1.807) is 6.92 Å². The fourth-order valence-electron chi connectivity index (χ4n) is 5.69. The van der Waals surface area contributed by atoms with Gasteiger partial charge in [0.1, 0.15) is 29.8 Å². The molecule has 0 aromatic heterocycles. The predicted octanol–water partition coefficient (Wildman–Crippen LogP) is 3.63. The van der Waals surface area contributed by atoms with Crippen molar-refractivity contribution in [3.8, 4) is 0 Å². The maximum atomic E-state index is 14.1. The van der Waals surface area contributed by atoms with Crippen molar-refractivity contribution < 1.29 is 33.9 Å². The summed E-state index contributed by atoms with van der Waals surface area (Å²) in [7, 11) is 0. The van der Waals surface area contributed by atoms with E-state index in [1.807, 2.05) is 51.1 Å². The number of amides is 3. The highest BCUT2D eigenvalue weighted by molar-refractivity contribution is 5.98. The molecule has 4 rings (SSSR count). The molecular formula is C31H42N4O7. The van der Waals surface area contributed by atoms with E-state index in [1.165, 1.54) is 11.0 Å². The standard InChI is InChI=1S/C31H42N4O7/c1-6-21-17-31(21,28(38)39)33-26(36)24-16-23(42-34-19(2)20-12-8-7-9-13-20)18-35(24)27(37)25(30(3,4)5)32-29(40)41-22-14-10-11-15-22/h6-9,12-13,21-25H,1,10-11,14-18H2,2-5H3,(H,32,40)(H,33,36)(H,38,39)/b34-19+/t21-,23-,24+,25-,31+/m1/s1. The van der Waals surface area contributed by atoms with Crippen molar-refractivity contribution in [1.29, 1.82) is 0 Å². The number of hydrogen-bond donors (Lipinski definition) is 3. The molecule has 11 heteroatoms. The molecule has 3 amide bonds. The van der Waals surface area contributed by atoms with Crippen molar-refractivity contribution in [3.05, 3.63) is 48.6 Å². The Morgan fingerprint density at radius 1 is 1.14 bits per heavy atom. The van der Waals surface area contributed by atoms with Crippen LogP contribution in [-0.2, 0) is 24.0 Å². The van der Waals surface area contributed by atoms with E-state index in [4.69, 9.17) is 9.57 Å². The van der Waals surface area contributed by atoms with Crippen LogP contribution < -0.4 is 10.6 Å². The molecule has 0 bridgehead atoms. The minimum absolute atomic E-state index is 0.0272. The molecule has 2 aliphatic carbocycles. The Balaban J connectivity index is 1.55. The Morgan fingerprint density at radius 2 is 1.81 bits per heavy atom. The molecule has 11 nitrogen and oxygen atoms in total. The van der Waals surface area contributed by atoms with Gasteiger partial charge in [0.15, 0.2) is 0 Å². The van der Waals surface area contributed by atoms with Gasteiger partial charge in [0.05, 0.1) is 12.3 Å². The van der Waals surface area contributed by atoms with E-state index in [2.05, 4.69) is 22.4 Å². The van der Waals surface area contributed by atoms with Crippen LogP contribution in [0.1, 0.15) is 71.8 Å². The zero-order valence-corrected chi connectivity index (χ0v) is 24.8. The average Bonchev–Trinajstić information content (AvgIpc) is 3.24. The topological polar surface area (TPSA) is 147 Å². The minimum Gasteiger partial charge on any atom is -0.479 e. The summed E-state index contributed by atoms with van der Waals surface area (Å²) in [6.07, 6.45) is 3.88. The third-order valence-corrected chi connectivity index (χ3v) is 8.36. The summed E-state index contributed by atoms with van der Waals surface area (Å²) in [4.78, 5) is 59.7. The maximum absolute atomic E-state index is 14.1. The van der Waals surface area contributed by atoms with Crippen LogP contribution >= 0.6 is 0 Å². The molecule has 3 N–H and O–H groups in total. The number of hydrogen-bond acceptors (Lipinski definition) is 7. The number of aliphatic carboxylic acids is 1. The first-order chi connectivity index (χ1) is 19.9. The molecule has 3 aliphatic rings. The smallest absolute Gasteiger partial charge is 0.408 e. The fraction of sp³-hybridized carbons (Fsp3) is 0.581. The number of carboxylic acids is 1. The molecule has 2 saturated carbocycles. The number of oxime groups is 1. The largest absolute Gasteiger partial charge is 0.479 e. The van der Waals surface area contributed by atoms with Crippen molar-refractivity contribution in [2.75, 3.05) is 6.54 Å². The second-order valence-electron chi connectivity index (χ2n) is 12.6. The maximum Gasteiger partial charge on any atom is 0.408 e. The molecule has 0 unspecified atom stereocenters. The summed E-state index contributed by atoms with van der Waals surface area (Å²) < 4.78 is 5.56. The van der Waals surface area contributed by atoms with E-state index in [0.29, 0.717) is 5.71 Å². The zero-order valence-electron chi connectivity index (χ0n) is 24.8. The molecule has 42 heavy (non-hydrogen) atoms. The lowest BCUT2D eigenvalue weighted by molar-refractivity contribution is -0.146. The highest BCUT2D eigenvalue weighted by atomic mass is 16.6. The number of carbonyl (C=O) groups is 4. The highest BCUT2D eigenvalue weighted by Crippen LogP contribution is 2.45. The van der Waals surface area contributed by atoms with Crippen LogP contribution in [0.25, 0.3) is 0 Å². The van der Waals surface area contributed by atoms with Gasteiger partial charge in [-0.25, -0.2) is 9.59 Å². The highest BCUT2D eigenvalue weighted by Gasteiger charge is 2.61. The molecule has 1 aromatic carbocycles. The number of nitrogens with zero attached hydrogens (tertiary/aromatic N) is 2. The van der Waals surface area contributed by atoms with Crippen LogP contribution in [0.5, 0.6) is 0 Å². The van der Waals surface area contributed by atoms with E-state index < -0.39 is 58.9 Å². The predicted molar refractivity (Wildman–Crippen MR) is 156 cm³/mol. The van der Waals surface area contributed by atoms with Crippen LogP contribution in [0, 0.1) is 11.3 Å². The van der Waals surface area contributed by atoms with E-state index >= 15 is 0 Å². The summed E-state index contributed by atoms with van der Waals surface area (Å²) in [5.74, 6) is -2.66. The van der Waals surface area contributed by atoms with Gasteiger partial charge in [-0.1, -0.05) is 62.3 Å². The first-order valence-corrected chi connectivity index (χ1v) is 14.6. The number of ether oxygens (including phenoxy) is 1. The number of carboxylic acid groups (broad SMARTS) is 1. The number of rotatable bonds is 10. The van der Waals surface area contributed by atoms with Crippen molar-refractivity contribution in [3.63, 3.8) is 0 Å². The summed E-state index contributed by atoms with van der Waals surface area (Å²) in [6.45, 7) is 10.9. The Bertz CT molecular complexity index is 1220. The fourth-order valence-corrected chi connectivity index (χ4v) is 5.69. The van der Waals surface area contributed by atoms with Gasteiger partial charge < -0.3 is 30.2 Å². The van der Waals surface area contributed by atoms with Crippen LogP contribution in [0.15, 0.2) is 48.1 Å². The summed E-state index contributed by atoms with van der Waals surface area (Å²) in [6, 6.07) is 7.41. The van der Waals surface area contributed by atoms with Gasteiger partial charge in [-0.3, -0.25) is 9.59 Å². The molecule has 228 valence electrons. The molecule has 0 spiro atoms. The molecule has 1 heterocycles. The third-order valence-electron chi connectivity index (χ3n) is 8.36. The van der Waals surface area contributed by atoms with E-state index in [-0.39, 0.29) is 25.5 Å². The minimum atomic E-state index is -1.46. The van der Waals surface area contributed by atoms with Gasteiger partial charge in [0.25, 0.3) is 0 Å². The first kappa shape index (κ1) is 31.1. The van der Waals surface area contributed by atoms with Crippen LogP contribution in [-0.4, -0.2) is 76.0 Å². The van der Waals surface area contributed by atoms with E-state index in [9.17, 15) is 24.3 Å². The monoisotopic (exact) mass is 582 g/mol. The number of likely N-dealkylation sites (tertiary alicyclic amines) is 1. The van der Waals surface area contributed by atoms with Gasteiger partial charge in [-0.2, -0.15) is 0 Å². The molecule has 3 fully saturated rings. The molecule has 1 aliphatic heterocycles. The van der Waals surface area contributed by atoms with Crippen LogP contribution in [0.2, 0.25) is 0 Å². The number of benzene rings is 1. The van der Waals surface area contributed by atoms with Gasteiger partial charge in [0.2, 0.25) is 11.8 Å². The summed E-state index contributed by atoms with van der Waals surface area (Å²) in [5, 5.41) is 19.5. The first-order valence-electron chi connectivity index (χ1n) is 14.6. The zero-order chi connectivity index (χ0) is 30.7. The molecule has 5 atom stereocenters. The van der Waals surface area contributed by atoms with Crippen molar-refractivity contribution >= 4 is 29.6 Å². The van der Waals surface area contributed by atoms with Gasteiger partial charge in [0, 0.05) is 12.3 Å². The number of nitrogens with one attached hydrogen (secondary N) is 2. The second-order valence-corrected chi connectivity index (χ2v) is 12.6. The molecular weight excluding hydrogens is 540 g/mol. The SMILES string of the molecule is C=C[C@@H]1C[C@@]1(NC(=O)[C@@H]1C[C@@H](O/N=C(\C)c2ccccc2)CN1C(=O)[C@@H](NC(=O)OC1CCCC1)C(C)(C)C)C(=O)O. The molecule has 1 aromatic rings. The number of carbonyl (C=O) groups excluding carboxylic acids is 3. The summed E-state index contributed by atoms with van der Waals surface area (Å²) >= 11 is 0.